The van der Waals surface area contributed by atoms with Gasteiger partial charge in [0.05, 0.1) is 15.7 Å². The highest BCUT2D eigenvalue weighted by Gasteiger charge is 2.07. The van der Waals surface area contributed by atoms with Crippen molar-refractivity contribution in [3.8, 4) is 0 Å². The first kappa shape index (κ1) is 15.4. The maximum atomic E-state index is 6.00. The van der Waals surface area contributed by atoms with Crippen molar-refractivity contribution in [1.82, 2.24) is 10.7 Å². The molecule has 18 heavy (non-hydrogen) atoms. The zero-order chi connectivity index (χ0) is 13.7. The fourth-order valence-corrected chi connectivity index (χ4v) is 2.09. The minimum Gasteiger partial charge on any atom is -0.358 e. The van der Waals surface area contributed by atoms with Crippen molar-refractivity contribution in [3.63, 3.8) is 0 Å². The summed E-state index contributed by atoms with van der Waals surface area (Å²) >= 11 is 22.8. The monoisotopic (exact) mass is 323 g/mol. The third-order valence-corrected chi connectivity index (χ3v) is 2.92. The molecule has 7 heteroatoms. The Bertz CT molecular complexity index is 454. The summed E-state index contributed by atoms with van der Waals surface area (Å²) < 4.78 is 0. The van der Waals surface area contributed by atoms with Gasteiger partial charge in [0.2, 0.25) is 0 Å². The summed E-state index contributed by atoms with van der Waals surface area (Å²) in [5.74, 6) is 0. The first-order valence-electron chi connectivity index (χ1n) is 4.99. The summed E-state index contributed by atoms with van der Waals surface area (Å²) in [6.45, 7) is 6.25. The molecule has 1 rings (SSSR count). The molecule has 0 heterocycles. The highest BCUT2D eigenvalue weighted by atomic mass is 35.5. The average Bonchev–Trinajstić information content (AvgIpc) is 2.24. The van der Waals surface area contributed by atoms with Crippen LogP contribution in [0.4, 0.5) is 5.69 Å². The maximum Gasteiger partial charge on any atom is 0.185 e. The molecule has 0 aliphatic carbocycles. The Morgan fingerprint density at radius 2 is 1.83 bits per heavy atom. The van der Waals surface area contributed by atoms with Crippen molar-refractivity contribution >= 4 is 57.8 Å². The van der Waals surface area contributed by atoms with Crippen LogP contribution in [0.25, 0.3) is 0 Å². The number of hydrogen-bond donors (Lipinski definition) is 3. The van der Waals surface area contributed by atoms with E-state index >= 15 is 0 Å². The van der Waals surface area contributed by atoms with Gasteiger partial charge < -0.3 is 5.32 Å². The van der Waals surface area contributed by atoms with Crippen LogP contribution in [0, 0.1) is 0 Å². The van der Waals surface area contributed by atoms with Gasteiger partial charge in [-0.3, -0.25) is 10.9 Å². The number of thiocarbonyl (C=S) groups is 1. The Labute approximate surface area is 126 Å². The van der Waals surface area contributed by atoms with E-state index in [0.717, 1.165) is 5.57 Å². The molecule has 0 saturated carbocycles. The smallest absolute Gasteiger partial charge is 0.185 e. The van der Waals surface area contributed by atoms with Crippen LogP contribution in [-0.2, 0) is 0 Å². The number of anilines is 1. The Kier molecular flexibility index (Phi) is 6.02. The summed E-state index contributed by atoms with van der Waals surface area (Å²) in [6.07, 6.45) is 0. The summed E-state index contributed by atoms with van der Waals surface area (Å²) in [7, 11) is 0. The van der Waals surface area contributed by atoms with Crippen molar-refractivity contribution in [2.24, 2.45) is 0 Å². The molecule has 1 aromatic rings. The standard InChI is InChI=1S/C11H12Cl3N3S/c1-6(2)5-15-11(18)17-16-10-8(13)3-7(12)4-9(10)14/h3-4,16H,1,5H2,2H3,(H2,15,17,18). The van der Waals surface area contributed by atoms with Crippen LogP contribution >= 0.6 is 47.0 Å². The summed E-state index contributed by atoms with van der Waals surface area (Å²) in [4.78, 5) is 0. The number of benzene rings is 1. The van der Waals surface area contributed by atoms with E-state index in [9.17, 15) is 0 Å². The number of hydrazine groups is 1. The molecule has 1 aromatic carbocycles. The lowest BCUT2D eigenvalue weighted by Gasteiger charge is -2.14. The Morgan fingerprint density at radius 1 is 1.28 bits per heavy atom. The quantitative estimate of drug-likeness (QED) is 0.444. The third kappa shape index (κ3) is 4.90. The summed E-state index contributed by atoms with van der Waals surface area (Å²) in [5.41, 5.74) is 7.09. The molecule has 0 radical (unpaired) electrons. The third-order valence-electron chi connectivity index (χ3n) is 1.86. The molecule has 98 valence electrons. The first-order chi connectivity index (χ1) is 8.40. The lowest BCUT2D eigenvalue weighted by molar-refractivity contribution is 0.944. The van der Waals surface area contributed by atoms with Gasteiger partial charge in [-0.1, -0.05) is 47.0 Å². The summed E-state index contributed by atoms with van der Waals surface area (Å²) in [6, 6.07) is 3.17. The van der Waals surface area contributed by atoms with Gasteiger partial charge in [0.15, 0.2) is 5.11 Å². The minimum absolute atomic E-state index is 0.405. The molecular formula is C11H12Cl3N3S. The van der Waals surface area contributed by atoms with E-state index < -0.39 is 0 Å². The van der Waals surface area contributed by atoms with Crippen LogP contribution in [0.3, 0.4) is 0 Å². The molecule has 0 unspecified atom stereocenters. The number of hydrogen-bond acceptors (Lipinski definition) is 2. The highest BCUT2D eigenvalue weighted by Crippen LogP contribution is 2.32. The predicted octanol–water partition coefficient (Wildman–Crippen LogP) is 4.01. The largest absolute Gasteiger partial charge is 0.358 e. The van der Waals surface area contributed by atoms with Crippen LogP contribution in [0.1, 0.15) is 6.92 Å². The zero-order valence-electron chi connectivity index (χ0n) is 9.61. The van der Waals surface area contributed by atoms with Gasteiger partial charge in [-0.2, -0.15) is 0 Å². The lowest BCUT2D eigenvalue weighted by Crippen LogP contribution is -2.39. The molecule has 3 N–H and O–H groups in total. The van der Waals surface area contributed by atoms with Crippen molar-refractivity contribution in [2.45, 2.75) is 6.92 Å². The topological polar surface area (TPSA) is 36.1 Å². The first-order valence-corrected chi connectivity index (χ1v) is 6.53. The van der Waals surface area contributed by atoms with Crippen molar-refractivity contribution in [3.05, 3.63) is 39.4 Å². The fraction of sp³-hybridized carbons (Fsp3) is 0.182. The van der Waals surface area contributed by atoms with Gasteiger partial charge in [0.25, 0.3) is 0 Å². The van der Waals surface area contributed by atoms with Gasteiger partial charge in [0.1, 0.15) is 0 Å². The Morgan fingerprint density at radius 3 is 2.33 bits per heavy atom. The minimum atomic E-state index is 0.405. The van der Waals surface area contributed by atoms with Gasteiger partial charge in [-0.05, 0) is 31.3 Å². The van der Waals surface area contributed by atoms with Gasteiger partial charge in [-0.25, -0.2) is 0 Å². The number of nitrogens with one attached hydrogen (secondary N) is 3. The van der Waals surface area contributed by atoms with Crippen molar-refractivity contribution in [2.75, 3.05) is 12.0 Å². The average molecular weight is 325 g/mol. The van der Waals surface area contributed by atoms with E-state index in [1.807, 2.05) is 6.92 Å². The van der Waals surface area contributed by atoms with Crippen LogP contribution in [0.5, 0.6) is 0 Å². The second-order valence-electron chi connectivity index (χ2n) is 3.63. The molecule has 0 spiro atoms. The van der Waals surface area contributed by atoms with Crippen LogP contribution in [0.15, 0.2) is 24.3 Å². The van der Waals surface area contributed by atoms with Gasteiger partial charge in [-0.15, -0.1) is 0 Å². The molecule has 0 atom stereocenters. The number of rotatable bonds is 4. The Balaban J connectivity index is 2.58. The summed E-state index contributed by atoms with van der Waals surface area (Å²) in [5, 5.41) is 4.65. The Hall–Kier alpha value is -0.680. The molecule has 0 aliphatic heterocycles. The SMILES string of the molecule is C=C(C)CNC(=S)NNc1c(Cl)cc(Cl)cc1Cl. The molecule has 0 aromatic heterocycles. The van der Waals surface area contributed by atoms with E-state index in [2.05, 4.69) is 22.7 Å². The van der Waals surface area contributed by atoms with E-state index in [1.54, 1.807) is 12.1 Å². The van der Waals surface area contributed by atoms with Crippen molar-refractivity contribution < 1.29 is 0 Å². The van der Waals surface area contributed by atoms with E-state index in [0.29, 0.717) is 32.4 Å². The predicted molar refractivity (Wildman–Crippen MR) is 83.6 cm³/mol. The van der Waals surface area contributed by atoms with Crippen molar-refractivity contribution in [1.29, 1.82) is 0 Å². The fourth-order valence-electron chi connectivity index (χ4n) is 1.06. The molecule has 0 amide bonds. The highest BCUT2D eigenvalue weighted by molar-refractivity contribution is 7.80. The van der Waals surface area contributed by atoms with Crippen LogP contribution in [0.2, 0.25) is 15.1 Å². The van der Waals surface area contributed by atoms with Crippen LogP contribution < -0.4 is 16.2 Å². The molecule has 0 bridgehead atoms. The van der Waals surface area contributed by atoms with E-state index in [4.69, 9.17) is 47.0 Å². The molecule has 0 saturated heterocycles. The van der Waals surface area contributed by atoms with Gasteiger partial charge in [0, 0.05) is 11.6 Å². The normalized spacial score (nSPS) is 9.78. The molecule has 0 fully saturated rings. The molecular weight excluding hydrogens is 313 g/mol. The van der Waals surface area contributed by atoms with E-state index in [1.165, 1.54) is 0 Å². The van der Waals surface area contributed by atoms with Crippen LogP contribution in [-0.4, -0.2) is 11.7 Å². The van der Waals surface area contributed by atoms with Gasteiger partial charge >= 0.3 is 0 Å². The second kappa shape index (κ2) is 7.04. The zero-order valence-corrected chi connectivity index (χ0v) is 12.7. The molecule has 0 aliphatic rings. The van der Waals surface area contributed by atoms with E-state index in [-0.39, 0.29) is 0 Å². The molecule has 3 nitrogen and oxygen atoms in total. The maximum absolute atomic E-state index is 6.00. The number of halogens is 3. The second-order valence-corrected chi connectivity index (χ2v) is 5.29. The lowest BCUT2D eigenvalue weighted by atomic mass is 10.3.